The third kappa shape index (κ3) is 4.50. The molecule has 1 atom stereocenters. The van der Waals surface area contributed by atoms with Crippen LogP contribution in [0.3, 0.4) is 0 Å². The summed E-state index contributed by atoms with van der Waals surface area (Å²) in [5.74, 6) is 1.64. The number of fused-ring (bicyclic) bond motifs is 1. The second kappa shape index (κ2) is 9.96. The SMILES string of the molecule is Fc1cccc([C@H]2CCCN2c2ccc3ncc(-c4cccc(N5CCC(OC6CNC6)CC5)n4)n3n2)c1. The molecular weight excluding hydrogens is 481 g/mol. The van der Waals surface area contributed by atoms with Crippen molar-refractivity contribution in [2.24, 2.45) is 0 Å². The van der Waals surface area contributed by atoms with Gasteiger partial charge in [-0.05, 0) is 67.6 Å². The van der Waals surface area contributed by atoms with Gasteiger partial charge >= 0.3 is 0 Å². The molecule has 38 heavy (non-hydrogen) atoms. The van der Waals surface area contributed by atoms with E-state index in [0.29, 0.717) is 12.2 Å². The minimum absolute atomic E-state index is 0.108. The van der Waals surface area contributed by atoms with Crippen LogP contribution in [0.25, 0.3) is 17.0 Å². The smallest absolute Gasteiger partial charge is 0.154 e. The average molecular weight is 514 g/mol. The highest BCUT2D eigenvalue weighted by molar-refractivity contribution is 5.62. The number of halogens is 1. The van der Waals surface area contributed by atoms with Crippen molar-refractivity contribution in [2.75, 3.05) is 42.5 Å². The van der Waals surface area contributed by atoms with Crippen LogP contribution in [0.4, 0.5) is 16.0 Å². The van der Waals surface area contributed by atoms with Gasteiger partial charge in [0.25, 0.3) is 0 Å². The third-order valence-corrected chi connectivity index (χ3v) is 8.02. The molecule has 0 amide bonds. The fourth-order valence-electron chi connectivity index (χ4n) is 5.89. The van der Waals surface area contributed by atoms with Gasteiger partial charge in [0.1, 0.15) is 23.1 Å². The second-order valence-corrected chi connectivity index (χ2v) is 10.5. The van der Waals surface area contributed by atoms with E-state index < -0.39 is 0 Å². The molecule has 7 rings (SSSR count). The molecule has 3 aliphatic rings. The number of ether oxygens (including phenoxy) is 1. The number of benzene rings is 1. The topological polar surface area (TPSA) is 70.8 Å². The highest BCUT2D eigenvalue weighted by Crippen LogP contribution is 2.36. The molecule has 9 heteroatoms. The lowest BCUT2D eigenvalue weighted by Gasteiger charge is -2.37. The maximum absolute atomic E-state index is 13.9. The Balaban J connectivity index is 1.13. The zero-order valence-electron chi connectivity index (χ0n) is 21.3. The number of anilines is 2. The molecular formula is C29H32FN7O. The Morgan fingerprint density at radius 3 is 2.58 bits per heavy atom. The summed E-state index contributed by atoms with van der Waals surface area (Å²) in [5, 5.41) is 8.27. The quantitative estimate of drug-likeness (QED) is 0.414. The highest BCUT2D eigenvalue weighted by atomic mass is 19.1. The van der Waals surface area contributed by atoms with Crippen molar-refractivity contribution in [3.05, 3.63) is 72.2 Å². The lowest BCUT2D eigenvalue weighted by atomic mass is 10.0. The first-order valence-corrected chi connectivity index (χ1v) is 13.7. The molecule has 196 valence electrons. The van der Waals surface area contributed by atoms with Gasteiger partial charge in [-0.3, -0.25) is 0 Å². The number of rotatable bonds is 6. The molecule has 6 heterocycles. The van der Waals surface area contributed by atoms with Crippen molar-refractivity contribution in [3.8, 4) is 11.4 Å². The van der Waals surface area contributed by atoms with Crippen LogP contribution in [0.5, 0.6) is 0 Å². The van der Waals surface area contributed by atoms with E-state index in [0.717, 1.165) is 92.6 Å². The Labute approximate surface area is 221 Å². The standard InChI is InChI=1S/C29H32FN7O/c30-21-5-1-4-20(16-21)25-7-3-13-36(25)29-10-9-27-32-19-26(37(27)34-29)24-6-2-8-28(33-24)35-14-11-22(12-15-35)38-23-17-31-18-23/h1-2,4-6,8-10,16,19,22-23,25,31H,3,7,11-15,17-18H2/t25-/m1/s1. The van der Waals surface area contributed by atoms with Crippen molar-refractivity contribution in [2.45, 2.75) is 43.9 Å². The van der Waals surface area contributed by atoms with Crippen LogP contribution in [0.15, 0.2) is 60.8 Å². The van der Waals surface area contributed by atoms with E-state index in [4.69, 9.17) is 14.8 Å². The van der Waals surface area contributed by atoms with E-state index in [1.807, 2.05) is 35.0 Å². The van der Waals surface area contributed by atoms with Crippen LogP contribution in [-0.2, 0) is 4.74 Å². The molecule has 0 aliphatic carbocycles. The number of imidazole rings is 1. The summed E-state index contributed by atoms with van der Waals surface area (Å²) < 4.78 is 22.0. The second-order valence-electron chi connectivity index (χ2n) is 10.5. The Morgan fingerprint density at radius 1 is 0.895 bits per heavy atom. The molecule has 0 radical (unpaired) electrons. The number of piperidine rings is 1. The van der Waals surface area contributed by atoms with Gasteiger partial charge in [-0.15, -0.1) is 5.10 Å². The Kier molecular flexibility index (Phi) is 6.17. The molecule has 0 saturated carbocycles. The maximum atomic E-state index is 13.9. The van der Waals surface area contributed by atoms with Crippen LogP contribution in [0, 0.1) is 5.82 Å². The summed E-state index contributed by atoms with van der Waals surface area (Å²) in [5.41, 5.74) is 3.48. The predicted molar refractivity (Wildman–Crippen MR) is 145 cm³/mol. The molecule has 8 nitrogen and oxygen atoms in total. The van der Waals surface area contributed by atoms with E-state index in [2.05, 4.69) is 32.2 Å². The Hall–Kier alpha value is -3.56. The number of hydrogen-bond acceptors (Lipinski definition) is 7. The molecule has 0 unspecified atom stereocenters. The Morgan fingerprint density at radius 2 is 1.76 bits per heavy atom. The number of nitrogens with one attached hydrogen (secondary N) is 1. The first kappa shape index (κ1) is 23.5. The fraction of sp³-hybridized carbons (Fsp3) is 0.414. The van der Waals surface area contributed by atoms with E-state index >= 15 is 0 Å². The number of pyridine rings is 1. The predicted octanol–water partition coefficient (Wildman–Crippen LogP) is 4.23. The van der Waals surface area contributed by atoms with Gasteiger partial charge in [0.2, 0.25) is 0 Å². The molecule has 1 aromatic carbocycles. The van der Waals surface area contributed by atoms with Crippen LogP contribution in [0.1, 0.15) is 37.3 Å². The maximum Gasteiger partial charge on any atom is 0.154 e. The van der Waals surface area contributed by atoms with E-state index in [9.17, 15) is 4.39 Å². The van der Waals surface area contributed by atoms with Crippen molar-refractivity contribution in [1.29, 1.82) is 0 Å². The third-order valence-electron chi connectivity index (χ3n) is 8.02. The van der Waals surface area contributed by atoms with Gasteiger partial charge in [-0.1, -0.05) is 18.2 Å². The van der Waals surface area contributed by atoms with Gasteiger partial charge in [0.15, 0.2) is 5.65 Å². The molecule has 3 fully saturated rings. The minimum atomic E-state index is -0.201. The minimum Gasteiger partial charge on any atom is -0.372 e. The van der Waals surface area contributed by atoms with Crippen LogP contribution < -0.4 is 15.1 Å². The Bertz CT molecular complexity index is 1430. The van der Waals surface area contributed by atoms with Crippen molar-refractivity contribution in [3.63, 3.8) is 0 Å². The van der Waals surface area contributed by atoms with Gasteiger partial charge in [0.05, 0.1) is 30.1 Å². The number of nitrogens with zero attached hydrogens (tertiary/aromatic N) is 6. The number of hydrogen-bond donors (Lipinski definition) is 1. The zero-order chi connectivity index (χ0) is 25.5. The summed E-state index contributed by atoms with van der Waals surface area (Å²) in [6.45, 7) is 4.71. The molecule has 3 aliphatic heterocycles. The lowest BCUT2D eigenvalue weighted by molar-refractivity contribution is -0.0467. The molecule has 0 spiro atoms. The number of aromatic nitrogens is 4. The summed E-state index contributed by atoms with van der Waals surface area (Å²) in [4.78, 5) is 14.2. The summed E-state index contributed by atoms with van der Waals surface area (Å²) in [6.07, 6.45) is 6.62. The summed E-state index contributed by atoms with van der Waals surface area (Å²) >= 11 is 0. The van der Waals surface area contributed by atoms with E-state index in [-0.39, 0.29) is 11.9 Å². The van der Waals surface area contributed by atoms with Gasteiger partial charge in [-0.2, -0.15) is 0 Å². The first-order chi connectivity index (χ1) is 18.7. The fourth-order valence-corrected chi connectivity index (χ4v) is 5.89. The largest absolute Gasteiger partial charge is 0.372 e. The van der Waals surface area contributed by atoms with Crippen molar-refractivity contribution in [1.82, 2.24) is 24.9 Å². The van der Waals surface area contributed by atoms with E-state index in [1.165, 1.54) is 6.07 Å². The van der Waals surface area contributed by atoms with Gasteiger partial charge < -0.3 is 19.9 Å². The zero-order valence-corrected chi connectivity index (χ0v) is 21.3. The molecule has 1 N–H and O–H groups in total. The van der Waals surface area contributed by atoms with Crippen molar-refractivity contribution >= 4 is 17.3 Å². The monoisotopic (exact) mass is 513 g/mol. The van der Waals surface area contributed by atoms with Crippen molar-refractivity contribution < 1.29 is 9.13 Å². The molecule has 3 saturated heterocycles. The van der Waals surface area contributed by atoms with Crippen LogP contribution >= 0.6 is 0 Å². The lowest BCUT2D eigenvalue weighted by Crippen LogP contribution is -2.51. The normalized spacial score (nSPS) is 20.8. The average Bonchev–Trinajstić information content (AvgIpc) is 3.58. The summed E-state index contributed by atoms with van der Waals surface area (Å²) in [7, 11) is 0. The van der Waals surface area contributed by atoms with Crippen LogP contribution in [0.2, 0.25) is 0 Å². The molecule has 4 aromatic rings. The highest BCUT2D eigenvalue weighted by Gasteiger charge is 2.29. The first-order valence-electron chi connectivity index (χ1n) is 13.7. The van der Waals surface area contributed by atoms with Gasteiger partial charge in [0, 0.05) is 32.7 Å². The molecule has 0 bridgehead atoms. The van der Waals surface area contributed by atoms with Crippen LogP contribution in [-0.4, -0.2) is 64.5 Å². The summed E-state index contributed by atoms with van der Waals surface area (Å²) in [6, 6.07) is 17.2. The van der Waals surface area contributed by atoms with E-state index in [1.54, 1.807) is 12.1 Å². The van der Waals surface area contributed by atoms with Gasteiger partial charge in [-0.25, -0.2) is 18.9 Å². The molecule has 3 aromatic heterocycles.